The van der Waals surface area contributed by atoms with Crippen molar-refractivity contribution in [3.05, 3.63) is 0 Å². The maximum absolute atomic E-state index is 11.7. The summed E-state index contributed by atoms with van der Waals surface area (Å²) in [5.74, 6) is 0.458. The Hall–Kier alpha value is -0.440. The number of morpholine rings is 1. The molecular weight excluding hydrogens is 298 g/mol. The van der Waals surface area contributed by atoms with E-state index >= 15 is 0 Å². The fraction of sp³-hybridized carbons (Fsp3) is 0.917. The molecule has 2 unspecified atom stereocenters. The lowest BCUT2D eigenvalue weighted by Gasteiger charge is -2.28. The van der Waals surface area contributed by atoms with Gasteiger partial charge in [-0.05, 0) is 18.6 Å². The molecule has 3 saturated heterocycles. The number of thiocarbonyl (C=S) groups is 1. The lowest BCUT2D eigenvalue weighted by molar-refractivity contribution is 0.0366. The Labute approximate surface area is 125 Å². The topological polar surface area (TPSA) is 61.9 Å². The van der Waals surface area contributed by atoms with Gasteiger partial charge in [0.1, 0.15) is 0 Å². The molecule has 0 saturated carbocycles. The standard InChI is InChI=1S/C12H21N3O3S2/c16-20(17)8-10-11(9-20)15(12(19)13-10)3-1-2-14-4-6-18-7-5-14/h10-11H,1-9H2,(H,13,19). The molecular formula is C12H21N3O3S2. The van der Waals surface area contributed by atoms with Gasteiger partial charge in [-0.1, -0.05) is 0 Å². The van der Waals surface area contributed by atoms with Crippen molar-refractivity contribution in [1.29, 1.82) is 0 Å². The molecule has 6 nitrogen and oxygen atoms in total. The first-order valence-corrected chi connectivity index (χ1v) is 9.36. The van der Waals surface area contributed by atoms with Crippen LogP contribution in [0.25, 0.3) is 0 Å². The second kappa shape index (κ2) is 5.75. The summed E-state index contributed by atoms with van der Waals surface area (Å²) in [5.41, 5.74) is 0. The SMILES string of the molecule is O=S1(=O)CC2NC(=S)N(CCCN3CCOCC3)C2C1. The van der Waals surface area contributed by atoms with Crippen molar-refractivity contribution in [1.82, 2.24) is 15.1 Å². The maximum Gasteiger partial charge on any atom is 0.169 e. The third-order valence-electron chi connectivity index (χ3n) is 4.27. The second-order valence-corrected chi connectivity index (χ2v) is 8.24. The van der Waals surface area contributed by atoms with Gasteiger partial charge in [0.25, 0.3) is 0 Å². The van der Waals surface area contributed by atoms with Gasteiger partial charge in [-0.15, -0.1) is 0 Å². The van der Waals surface area contributed by atoms with Crippen molar-refractivity contribution >= 4 is 27.2 Å². The molecule has 0 aromatic heterocycles. The van der Waals surface area contributed by atoms with Crippen LogP contribution in [-0.4, -0.2) is 86.3 Å². The Morgan fingerprint density at radius 3 is 2.75 bits per heavy atom. The molecule has 3 rings (SSSR count). The molecule has 0 aromatic carbocycles. The highest BCUT2D eigenvalue weighted by molar-refractivity contribution is 7.91. The monoisotopic (exact) mass is 319 g/mol. The Balaban J connectivity index is 1.50. The number of nitrogens with zero attached hydrogens (tertiary/aromatic N) is 2. The van der Waals surface area contributed by atoms with E-state index in [-0.39, 0.29) is 23.6 Å². The largest absolute Gasteiger partial charge is 0.379 e. The van der Waals surface area contributed by atoms with Crippen LogP contribution in [0.2, 0.25) is 0 Å². The Morgan fingerprint density at radius 2 is 2.00 bits per heavy atom. The molecule has 3 heterocycles. The zero-order valence-corrected chi connectivity index (χ0v) is 13.1. The van der Waals surface area contributed by atoms with Gasteiger partial charge in [0, 0.05) is 26.2 Å². The second-order valence-electron chi connectivity index (χ2n) is 5.70. The van der Waals surface area contributed by atoms with Crippen molar-refractivity contribution in [3.8, 4) is 0 Å². The Bertz CT molecular complexity index is 476. The summed E-state index contributed by atoms with van der Waals surface area (Å²) < 4.78 is 28.7. The van der Waals surface area contributed by atoms with Gasteiger partial charge >= 0.3 is 0 Å². The third kappa shape index (κ3) is 3.08. The number of rotatable bonds is 4. The molecule has 3 aliphatic heterocycles. The van der Waals surface area contributed by atoms with Crippen LogP contribution in [0, 0.1) is 0 Å². The summed E-state index contributed by atoms with van der Waals surface area (Å²) >= 11 is 5.33. The van der Waals surface area contributed by atoms with Crippen molar-refractivity contribution in [2.45, 2.75) is 18.5 Å². The first-order chi connectivity index (χ1) is 9.55. The van der Waals surface area contributed by atoms with Crippen LogP contribution in [0.5, 0.6) is 0 Å². The average molecular weight is 319 g/mol. The van der Waals surface area contributed by atoms with Crippen LogP contribution in [0.3, 0.4) is 0 Å². The Morgan fingerprint density at radius 1 is 1.25 bits per heavy atom. The zero-order valence-electron chi connectivity index (χ0n) is 11.5. The highest BCUT2D eigenvalue weighted by Gasteiger charge is 2.46. The molecule has 114 valence electrons. The normalized spacial score (nSPS) is 33.2. The summed E-state index contributed by atoms with van der Waals surface area (Å²) in [7, 11) is -2.90. The van der Waals surface area contributed by atoms with Crippen LogP contribution >= 0.6 is 12.2 Å². The minimum Gasteiger partial charge on any atom is -0.379 e. The number of hydrogen-bond donors (Lipinski definition) is 1. The molecule has 0 aromatic rings. The van der Waals surface area contributed by atoms with Gasteiger partial charge in [-0.3, -0.25) is 4.90 Å². The first kappa shape index (κ1) is 14.5. The molecule has 0 bridgehead atoms. The highest BCUT2D eigenvalue weighted by Crippen LogP contribution is 2.24. The van der Waals surface area contributed by atoms with E-state index < -0.39 is 9.84 Å². The fourth-order valence-corrected chi connectivity index (χ4v) is 5.52. The quantitative estimate of drug-likeness (QED) is 0.671. The van der Waals surface area contributed by atoms with Crippen LogP contribution in [0.1, 0.15) is 6.42 Å². The van der Waals surface area contributed by atoms with Crippen molar-refractivity contribution < 1.29 is 13.2 Å². The third-order valence-corrected chi connectivity index (χ3v) is 6.34. The van der Waals surface area contributed by atoms with E-state index in [2.05, 4.69) is 15.1 Å². The van der Waals surface area contributed by atoms with Crippen LogP contribution < -0.4 is 5.32 Å². The number of nitrogens with one attached hydrogen (secondary N) is 1. The van der Waals surface area contributed by atoms with E-state index in [4.69, 9.17) is 17.0 Å². The van der Waals surface area contributed by atoms with Gasteiger partial charge < -0.3 is 15.0 Å². The number of sulfone groups is 1. The van der Waals surface area contributed by atoms with E-state index in [0.29, 0.717) is 0 Å². The van der Waals surface area contributed by atoms with Crippen LogP contribution in [0.15, 0.2) is 0 Å². The van der Waals surface area contributed by atoms with Gasteiger partial charge in [-0.2, -0.15) is 0 Å². The molecule has 0 radical (unpaired) electrons. The predicted octanol–water partition coefficient (Wildman–Crippen LogP) is -0.936. The highest BCUT2D eigenvalue weighted by atomic mass is 32.2. The maximum atomic E-state index is 11.7. The lowest BCUT2D eigenvalue weighted by atomic mass is 10.2. The summed E-state index contributed by atoms with van der Waals surface area (Å²) in [6.07, 6.45) is 1.01. The van der Waals surface area contributed by atoms with Gasteiger partial charge in [0.15, 0.2) is 14.9 Å². The summed E-state index contributed by atoms with van der Waals surface area (Å²) in [6, 6.07) is 0.0353. The summed E-state index contributed by atoms with van der Waals surface area (Å²) in [5, 5.41) is 3.87. The molecule has 0 spiro atoms. The summed E-state index contributed by atoms with van der Waals surface area (Å²) in [4.78, 5) is 4.46. The predicted molar refractivity (Wildman–Crippen MR) is 80.5 cm³/mol. The van der Waals surface area contributed by atoms with Crippen LogP contribution in [-0.2, 0) is 14.6 Å². The van der Waals surface area contributed by atoms with Crippen molar-refractivity contribution in [3.63, 3.8) is 0 Å². The number of fused-ring (bicyclic) bond motifs is 1. The molecule has 20 heavy (non-hydrogen) atoms. The van der Waals surface area contributed by atoms with Gasteiger partial charge in [0.05, 0.1) is 36.8 Å². The molecule has 0 amide bonds. The number of hydrogen-bond acceptors (Lipinski definition) is 5. The molecule has 3 aliphatic rings. The molecule has 1 N–H and O–H groups in total. The van der Waals surface area contributed by atoms with Gasteiger partial charge in [0.2, 0.25) is 0 Å². The van der Waals surface area contributed by atoms with Crippen LogP contribution in [0.4, 0.5) is 0 Å². The van der Waals surface area contributed by atoms with Crippen molar-refractivity contribution in [2.24, 2.45) is 0 Å². The first-order valence-electron chi connectivity index (χ1n) is 7.13. The van der Waals surface area contributed by atoms with Crippen molar-refractivity contribution in [2.75, 3.05) is 50.9 Å². The fourth-order valence-electron chi connectivity index (χ4n) is 3.22. The van der Waals surface area contributed by atoms with E-state index in [0.717, 1.165) is 50.9 Å². The van der Waals surface area contributed by atoms with E-state index in [9.17, 15) is 8.42 Å². The van der Waals surface area contributed by atoms with Gasteiger partial charge in [-0.25, -0.2) is 8.42 Å². The Kier molecular flexibility index (Phi) is 4.16. The average Bonchev–Trinajstić information content (AvgIpc) is 2.83. The summed E-state index contributed by atoms with van der Waals surface area (Å²) in [6.45, 7) is 5.46. The zero-order chi connectivity index (χ0) is 14.2. The van der Waals surface area contributed by atoms with E-state index in [1.165, 1.54) is 0 Å². The smallest absolute Gasteiger partial charge is 0.169 e. The molecule has 8 heteroatoms. The molecule has 0 aliphatic carbocycles. The van der Waals surface area contributed by atoms with E-state index in [1.54, 1.807) is 0 Å². The van der Waals surface area contributed by atoms with E-state index in [1.807, 2.05) is 0 Å². The minimum atomic E-state index is -2.90. The lowest BCUT2D eigenvalue weighted by Crippen LogP contribution is -2.41. The molecule has 3 fully saturated rings. The minimum absolute atomic E-state index is 0.00381. The number of ether oxygens (including phenoxy) is 1. The molecule has 2 atom stereocenters.